The maximum Gasteiger partial charge on any atom is 0.573 e. The minimum Gasteiger partial charge on any atom is -0.424 e. The maximum atomic E-state index is 12.3. The molecule has 1 aromatic heterocycles. The quantitative estimate of drug-likeness (QED) is 0.750. The van der Waals surface area contributed by atoms with Crippen LogP contribution in [0.1, 0.15) is 32.7 Å². The lowest BCUT2D eigenvalue weighted by Crippen LogP contribution is -2.45. The van der Waals surface area contributed by atoms with Crippen molar-refractivity contribution in [3.8, 4) is 17.5 Å². The highest BCUT2D eigenvalue weighted by molar-refractivity contribution is 5.35. The van der Waals surface area contributed by atoms with Crippen molar-refractivity contribution in [2.24, 2.45) is 11.8 Å². The molecular weight excluding hydrogens is 387 g/mol. The number of alkyl halides is 3. The average molecular weight is 411 g/mol. The molecule has 2 fully saturated rings. The number of nitrogens with zero attached hydrogens (tertiary/aromatic N) is 3. The van der Waals surface area contributed by atoms with Gasteiger partial charge in [-0.15, -0.1) is 18.3 Å². The van der Waals surface area contributed by atoms with Gasteiger partial charge in [0.05, 0.1) is 6.04 Å². The Kier molecular flexibility index (Phi) is 5.28. The largest absolute Gasteiger partial charge is 0.573 e. The molecular formula is C19H24F3N5O2. The Morgan fingerprint density at radius 3 is 2.31 bits per heavy atom. The molecule has 0 amide bonds. The standard InChI is InChI=1S/C19H24F3N5O2/c1-11(2)27-18(28-14-5-7-15(8-6-14)29-19(20,21)22)25-17(26-27)24-16-12-3-4-13(16)10-23-9-12/h5-8,11-13,16,23H,3-4,9-10H2,1-2H3,(H,24,26)/t12-,13+,16?. The van der Waals surface area contributed by atoms with E-state index in [1.807, 2.05) is 13.8 Å². The molecule has 2 N–H and O–H groups in total. The second-order valence-corrected chi connectivity index (χ2v) is 7.80. The fourth-order valence-electron chi connectivity index (χ4n) is 4.06. The molecule has 158 valence electrons. The van der Waals surface area contributed by atoms with E-state index in [9.17, 15) is 13.2 Å². The van der Waals surface area contributed by atoms with Gasteiger partial charge in [-0.2, -0.15) is 4.98 Å². The van der Waals surface area contributed by atoms with Gasteiger partial charge in [0.25, 0.3) is 0 Å². The smallest absolute Gasteiger partial charge is 0.424 e. The Morgan fingerprint density at radius 2 is 1.72 bits per heavy atom. The van der Waals surface area contributed by atoms with E-state index in [0.717, 1.165) is 13.1 Å². The van der Waals surface area contributed by atoms with Crippen LogP contribution in [0.25, 0.3) is 0 Å². The highest BCUT2D eigenvalue weighted by Crippen LogP contribution is 2.36. The fourth-order valence-corrected chi connectivity index (χ4v) is 4.06. The molecule has 0 spiro atoms. The van der Waals surface area contributed by atoms with Crippen molar-refractivity contribution in [1.29, 1.82) is 0 Å². The molecule has 1 aromatic carbocycles. The van der Waals surface area contributed by atoms with Gasteiger partial charge in [-0.3, -0.25) is 0 Å². The van der Waals surface area contributed by atoms with Crippen LogP contribution in [0.4, 0.5) is 19.1 Å². The van der Waals surface area contributed by atoms with E-state index in [1.165, 1.54) is 37.1 Å². The lowest BCUT2D eigenvalue weighted by atomic mass is 9.94. The second-order valence-electron chi connectivity index (χ2n) is 7.80. The van der Waals surface area contributed by atoms with Crippen LogP contribution in [-0.4, -0.2) is 40.3 Å². The highest BCUT2D eigenvalue weighted by Gasteiger charge is 2.39. The molecule has 2 aliphatic rings. The van der Waals surface area contributed by atoms with Gasteiger partial charge in [0.15, 0.2) is 0 Å². The first-order valence-electron chi connectivity index (χ1n) is 9.76. The van der Waals surface area contributed by atoms with E-state index in [2.05, 4.69) is 25.5 Å². The zero-order chi connectivity index (χ0) is 20.6. The van der Waals surface area contributed by atoms with E-state index in [1.54, 1.807) is 4.68 Å². The summed E-state index contributed by atoms with van der Waals surface area (Å²) in [6.45, 7) is 5.91. The van der Waals surface area contributed by atoms with Gasteiger partial charge in [-0.1, -0.05) is 0 Å². The molecule has 1 aliphatic heterocycles. The van der Waals surface area contributed by atoms with Crippen LogP contribution < -0.4 is 20.1 Å². The number of aromatic nitrogens is 3. The first-order valence-corrected chi connectivity index (χ1v) is 9.76. The summed E-state index contributed by atoms with van der Waals surface area (Å²) in [4.78, 5) is 4.49. The topological polar surface area (TPSA) is 73.2 Å². The Morgan fingerprint density at radius 1 is 1.10 bits per heavy atom. The van der Waals surface area contributed by atoms with Gasteiger partial charge >= 0.3 is 12.4 Å². The first kappa shape index (κ1) is 19.8. The number of rotatable bonds is 6. The monoisotopic (exact) mass is 411 g/mol. The van der Waals surface area contributed by atoms with Gasteiger partial charge in [0.2, 0.25) is 5.95 Å². The minimum atomic E-state index is -4.73. The number of anilines is 1. The van der Waals surface area contributed by atoms with Crippen molar-refractivity contribution in [3.63, 3.8) is 0 Å². The second kappa shape index (κ2) is 7.74. The van der Waals surface area contributed by atoms with E-state index < -0.39 is 6.36 Å². The fraction of sp³-hybridized carbons (Fsp3) is 0.579. The van der Waals surface area contributed by atoms with Crippen molar-refractivity contribution in [3.05, 3.63) is 24.3 Å². The molecule has 29 heavy (non-hydrogen) atoms. The first-order chi connectivity index (χ1) is 13.8. The van der Waals surface area contributed by atoms with Crippen LogP contribution >= 0.6 is 0 Å². The summed E-state index contributed by atoms with van der Waals surface area (Å²) in [5, 5.41) is 11.5. The van der Waals surface area contributed by atoms with E-state index in [-0.39, 0.29) is 17.8 Å². The molecule has 4 rings (SSSR count). The van der Waals surface area contributed by atoms with Crippen molar-refractivity contribution in [1.82, 2.24) is 20.1 Å². The van der Waals surface area contributed by atoms with Crippen LogP contribution in [-0.2, 0) is 0 Å². The summed E-state index contributed by atoms with van der Waals surface area (Å²) in [7, 11) is 0. The summed E-state index contributed by atoms with van der Waals surface area (Å²) in [5.74, 6) is 1.67. The van der Waals surface area contributed by atoms with Crippen molar-refractivity contribution >= 4 is 5.95 Å². The minimum absolute atomic E-state index is 0.00521. The van der Waals surface area contributed by atoms with Gasteiger partial charge in [0.1, 0.15) is 11.5 Å². The normalized spacial score (nSPS) is 24.0. The molecule has 1 saturated carbocycles. The molecule has 0 radical (unpaired) electrons. The van der Waals surface area contributed by atoms with Crippen LogP contribution in [0.5, 0.6) is 17.5 Å². The Balaban J connectivity index is 1.48. The number of halogens is 3. The molecule has 1 aliphatic carbocycles. The Labute approximate surface area is 166 Å². The zero-order valence-electron chi connectivity index (χ0n) is 16.2. The van der Waals surface area contributed by atoms with Crippen molar-refractivity contribution in [2.45, 2.75) is 45.1 Å². The molecule has 2 heterocycles. The average Bonchev–Trinajstić information content (AvgIpc) is 3.12. The van der Waals surface area contributed by atoms with Gasteiger partial charge in [-0.25, -0.2) is 4.68 Å². The number of piperidine rings is 1. The number of ether oxygens (including phenoxy) is 2. The summed E-state index contributed by atoms with van der Waals surface area (Å²) in [5.41, 5.74) is 0. The third kappa shape index (κ3) is 4.58. The highest BCUT2D eigenvalue weighted by atomic mass is 19.4. The number of nitrogens with one attached hydrogen (secondary N) is 2. The Hall–Kier alpha value is -2.49. The maximum absolute atomic E-state index is 12.3. The summed E-state index contributed by atoms with van der Waals surface area (Å²) in [6.07, 6.45) is -2.35. The van der Waals surface area contributed by atoms with Crippen LogP contribution in [0.15, 0.2) is 24.3 Å². The number of hydrogen-bond donors (Lipinski definition) is 2. The van der Waals surface area contributed by atoms with E-state index in [4.69, 9.17) is 4.74 Å². The van der Waals surface area contributed by atoms with Crippen LogP contribution in [0.2, 0.25) is 0 Å². The molecule has 2 bridgehead atoms. The molecule has 1 unspecified atom stereocenters. The van der Waals surface area contributed by atoms with Gasteiger partial charge in [0, 0.05) is 6.04 Å². The summed E-state index contributed by atoms with van der Waals surface area (Å²) < 4.78 is 48.2. The molecule has 10 heteroatoms. The van der Waals surface area contributed by atoms with Crippen LogP contribution in [0, 0.1) is 11.8 Å². The Bertz CT molecular complexity index is 821. The summed E-state index contributed by atoms with van der Waals surface area (Å²) in [6, 6.07) is 5.83. The van der Waals surface area contributed by atoms with Crippen molar-refractivity contribution in [2.75, 3.05) is 18.4 Å². The number of fused-ring (bicyclic) bond motifs is 2. The van der Waals surface area contributed by atoms with E-state index >= 15 is 0 Å². The van der Waals surface area contributed by atoms with E-state index in [0.29, 0.717) is 29.6 Å². The number of hydrogen-bond acceptors (Lipinski definition) is 6. The zero-order valence-corrected chi connectivity index (χ0v) is 16.2. The third-order valence-corrected chi connectivity index (χ3v) is 5.39. The van der Waals surface area contributed by atoms with Crippen LogP contribution in [0.3, 0.4) is 0 Å². The molecule has 2 aromatic rings. The third-order valence-electron chi connectivity index (χ3n) is 5.39. The molecule has 1 saturated heterocycles. The SMILES string of the molecule is CC(C)n1nc(NC2[C@@H]3CC[C@H]2CNC3)nc1Oc1ccc(OC(F)(F)F)cc1. The predicted octanol–water partition coefficient (Wildman–Crippen LogP) is 3.96. The summed E-state index contributed by atoms with van der Waals surface area (Å²) >= 11 is 0. The predicted molar refractivity (Wildman–Crippen MR) is 100 cm³/mol. The lowest BCUT2D eigenvalue weighted by Gasteiger charge is -2.30. The lowest BCUT2D eigenvalue weighted by molar-refractivity contribution is -0.274. The van der Waals surface area contributed by atoms with Gasteiger partial charge in [-0.05, 0) is 75.9 Å². The molecule has 7 nitrogen and oxygen atoms in total. The number of benzene rings is 1. The molecule has 3 atom stereocenters. The van der Waals surface area contributed by atoms with Crippen molar-refractivity contribution < 1.29 is 22.6 Å². The van der Waals surface area contributed by atoms with Gasteiger partial charge < -0.3 is 20.1 Å².